The Hall–Kier alpha value is -1.02. The maximum absolute atomic E-state index is 12.8. The number of likely N-dealkylation sites (N-methyl/N-ethyl adjacent to an activating group) is 1. The SMILES string of the molecule is CCCCCCCC/C=C\CCCCCCCCCC(=O)NC(COP(=O)(O)OCC[N+](C)(C)C)C(O)/C=C/CCCCCCCCCCCCC. The number of allylic oxidation sites excluding steroid dienone is 3. The van der Waals surface area contributed by atoms with Crippen LogP contribution in [0, 0.1) is 0 Å². The summed E-state index contributed by atoms with van der Waals surface area (Å²) in [6.07, 6.45) is 40.9. The third-order valence-corrected chi connectivity index (χ3v) is 10.6. The van der Waals surface area contributed by atoms with E-state index in [2.05, 4.69) is 31.3 Å². The molecular weight excluding hydrogens is 671 g/mol. The number of aliphatic hydroxyl groups excluding tert-OH is 1. The maximum Gasteiger partial charge on any atom is 0.472 e. The van der Waals surface area contributed by atoms with E-state index in [0.717, 1.165) is 38.5 Å². The highest BCUT2D eigenvalue weighted by atomic mass is 31.2. The largest absolute Gasteiger partial charge is 0.472 e. The van der Waals surface area contributed by atoms with Crippen molar-refractivity contribution in [1.29, 1.82) is 0 Å². The van der Waals surface area contributed by atoms with E-state index in [4.69, 9.17) is 9.05 Å². The lowest BCUT2D eigenvalue weighted by Crippen LogP contribution is -2.45. The van der Waals surface area contributed by atoms with Gasteiger partial charge >= 0.3 is 7.82 Å². The van der Waals surface area contributed by atoms with E-state index in [-0.39, 0.29) is 19.1 Å². The van der Waals surface area contributed by atoms with Crippen molar-refractivity contribution >= 4 is 13.7 Å². The topological polar surface area (TPSA) is 105 Å². The molecule has 0 rings (SSSR count). The average molecular weight is 758 g/mol. The summed E-state index contributed by atoms with van der Waals surface area (Å²) in [5.74, 6) is -0.183. The van der Waals surface area contributed by atoms with Crippen molar-refractivity contribution in [3.8, 4) is 0 Å². The summed E-state index contributed by atoms with van der Waals surface area (Å²) in [5.41, 5.74) is 0. The highest BCUT2D eigenvalue weighted by Gasteiger charge is 2.27. The minimum atomic E-state index is -4.33. The molecule has 0 aliphatic rings. The highest BCUT2D eigenvalue weighted by Crippen LogP contribution is 2.43. The standard InChI is InChI=1S/C43H85N2O6P/c1-6-8-10-12-14-16-18-20-21-22-23-25-27-29-31-33-35-37-43(47)44-41(40-51-52(48,49)50-39-38-45(3,4)5)42(46)36-34-32-30-28-26-24-19-17-15-13-11-9-7-2/h20-21,34,36,41-42,46H,6-19,22-33,35,37-40H2,1-5H3,(H-,44,47,48,49)/p+1/b21-20-,36-34+. The van der Waals surface area contributed by atoms with Crippen LogP contribution in [0.5, 0.6) is 0 Å². The van der Waals surface area contributed by atoms with Gasteiger partial charge in [0.05, 0.1) is 39.9 Å². The minimum absolute atomic E-state index is 0.0616. The van der Waals surface area contributed by atoms with Gasteiger partial charge in [0.1, 0.15) is 13.2 Å². The Labute approximate surface area is 322 Å². The molecule has 308 valence electrons. The second-order valence-electron chi connectivity index (χ2n) is 16.1. The fourth-order valence-electron chi connectivity index (χ4n) is 6.15. The summed E-state index contributed by atoms with van der Waals surface area (Å²) in [6.45, 7) is 4.80. The van der Waals surface area contributed by atoms with Crippen LogP contribution in [-0.2, 0) is 18.4 Å². The van der Waals surface area contributed by atoms with Gasteiger partial charge in [0, 0.05) is 6.42 Å². The first-order chi connectivity index (χ1) is 25.0. The summed E-state index contributed by atoms with van der Waals surface area (Å²) < 4.78 is 23.5. The number of carbonyl (C=O) groups excluding carboxylic acids is 1. The smallest absolute Gasteiger partial charge is 0.387 e. The lowest BCUT2D eigenvalue weighted by Gasteiger charge is -2.25. The van der Waals surface area contributed by atoms with Gasteiger partial charge in [-0.05, 0) is 44.9 Å². The number of nitrogens with one attached hydrogen (secondary N) is 1. The molecular formula is C43H86N2O6P+. The molecule has 0 aromatic rings. The van der Waals surface area contributed by atoms with Crippen molar-refractivity contribution < 1.29 is 32.9 Å². The Bertz CT molecular complexity index is 907. The number of amides is 1. The zero-order chi connectivity index (χ0) is 38.6. The molecule has 0 saturated carbocycles. The van der Waals surface area contributed by atoms with Gasteiger partial charge in [-0.2, -0.15) is 0 Å². The molecule has 1 amide bonds. The Balaban J connectivity index is 4.43. The summed E-state index contributed by atoms with van der Waals surface area (Å²) in [4.78, 5) is 23.1. The third-order valence-electron chi connectivity index (χ3n) is 9.67. The fraction of sp³-hybridized carbons (Fsp3) is 0.884. The lowest BCUT2D eigenvalue weighted by molar-refractivity contribution is -0.870. The number of nitrogens with zero attached hydrogens (tertiary/aromatic N) is 1. The lowest BCUT2D eigenvalue weighted by atomic mass is 10.0. The van der Waals surface area contributed by atoms with Crippen molar-refractivity contribution in [3.05, 3.63) is 24.3 Å². The molecule has 3 N–H and O–H groups in total. The van der Waals surface area contributed by atoms with E-state index in [1.54, 1.807) is 6.08 Å². The Morgan fingerprint density at radius 3 is 1.48 bits per heavy atom. The van der Waals surface area contributed by atoms with Gasteiger partial charge in [-0.3, -0.25) is 13.8 Å². The molecule has 0 aromatic carbocycles. The van der Waals surface area contributed by atoms with Crippen LogP contribution in [0.1, 0.15) is 194 Å². The quantitative estimate of drug-likeness (QED) is 0.0250. The molecule has 3 atom stereocenters. The first-order valence-electron chi connectivity index (χ1n) is 21.7. The zero-order valence-electron chi connectivity index (χ0n) is 34.8. The summed E-state index contributed by atoms with van der Waals surface area (Å²) >= 11 is 0. The molecule has 3 unspecified atom stereocenters. The van der Waals surface area contributed by atoms with E-state index in [9.17, 15) is 19.4 Å². The molecule has 0 heterocycles. The molecule has 0 radical (unpaired) electrons. The number of quaternary nitrogens is 1. The molecule has 9 heteroatoms. The molecule has 0 bridgehead atoms. The normalized spacial score (nSPS) is 14.7. The van der Waals surface area contributed by atoms with Crippen molar-refractivity contribution in [2.75, 3.05) is 40.9 Å². The number of unbranched alkanes of at least 4 members (excludes halogenated alkanes) is 24. The van der Waals surface area contributed by atoms with Gasteiger partial charge in [0.2, 0.25) is 5.91 Å². The predicted octanol–water partition coefficient (Wildman–Crippen LogP) is 11.7. The molecule has 0 fully saturated rings. The Kier molecular flexibility index (Phi) is 35.0. The fourth-order valence-corrected chi connectivity index (χ4v) is 6.89. The van der Waals surface area contributed by atoms with E-state index in [0.29, 0.717) is 17.4 Å². The summed E-state index contributed by atoms with van der Waals surface area (Å²) in [5, 5.41) is 13.8. The van der Waals surface area contributed by atoms with Crippen LogP contribution in [0.25, 0.3) is 0 Å². The Morgan fingerprint density at radius 1 is 0.635 bits per heavy atom. The number of carbonyl (C=O) groups is 1. The first kappa shape index (κ1) is 51.0. The van der Waals surface area contributed by atoms with Gasteiger partial charge in [-0.25, -0.2) is 4.57 Å². The van der Waals surface area contributed by atoms with Crippen molar-refractivity contribution in [2.24, 2.45) is 0 Å². The zero-order valence-corrected chi connectivity index (χ0v) is 35.7. The van der Waals surface area contributed by atoms with Crippen molar-refractivity contribution in [1.82, 2.24) is 5.32 Å². The van der Waals surface area contributed by atoms with E-state index >= 15 is 0 Å². The number of phosphoric acid groups is 1. The van der Waals surface area contributed by atoms with Crippen LogP contribution in [0.15, 0.2) is 24.3 Å². The van der Waals surface area contributed by atoms with Crippen molar-refractivity contribution in [3.63, 3.8) is 0 Å². The number of rotatable bonds is 39. The number of aliphatic hydroxyl groups is 1. The number of hydrogen-bond donors (Lipinski definition) is 3. The van der Waals surface area contributed by atoms with Gasteiger partial charge in [-0.15, -0.1) is 0 Å². The second kappa shape index (κ2) is 35.7. The van der Waals surface area contributed by atoms with Crippen LogP contribution in [0.4, 0.5) is 0 Å². The number of hydrogen-bond acceptors (Lipinski definition) is 5. The van der Waals surface area contributed by atoms with Gasteiger partial charge in [-0.1, -0.05) is 167 Å². The molecule has 0 saturated heterocycles. The molecule has 0 aromatic heterocycles. The van der Waals surface area contributed by atoms with E-state index < -0.39 is 20.0 Å². The van der Waals surface area contributed by atoms with E-state index in [1.165, 1.54) is 135 Å². The summed E-state index contributed by atoms with van der Waals surface area (Å²) in [6, 6.07) is -0.844. The average Bonchev–Trinajstić information content (AvgIpc) is 3.09. The molecule has 52 heavy (non-hydrogen) atoms. The van der Waals surface area contributed by atoms with Crippen LogP contribution in [0.3, 0.4) is 0 Å². The monoisotopic (exact) mass is 758 g/mol. The third kappa shape index (κ3) is 37.3. The highest BCUT2D eigenvalue weighted by molar-refractivity contribution is 7.47. The van der Waals surface area contributed by atoms with Crippen LogP contribution in [-0.4, -0.2) is 73.4 Å². The number of phosphoric ester groups is 1. The molecule has 0 spiro atoms. The molecule has 8 nitrogen and oxygen atoms in total. The van der Waals surface area contributed by atoms with Crippen molar-refractivity contribution in [2.45, 2.75) is 206 Å². The summed E-state index contributed by atoms with van der Waals surface area (Å²) in [7, 11) is 1.57. The van der Waals surface area contributed by atoms with Crippen LogP contribution in [0.2, 0.25) is 0 Å². The van der Waals surface area contributed by atoms with E-state index in [1.807, 2.05) is 27.2 Å². The molecule has 0 aliphatic carbocycles. The Morgan fingerprint density at radius 2 is 1.04 bits per heavy atom. The first-order valence-corrected chi connectivity index (χ1v) is 23.2. The maximum atomic E-state index is 12.8. The second-order valence-corrected chi connectivity index (χ2v) is 17.5. The predicted molar refractivity (Wildman–Crippen MR) is 221 cm³/mol. The van der Waals surface area contributed by atoms with Gasteiger partial charge < -0.3 is 19.8 Å². The van der Waals surface area contributed by atoms with Crippen LogP contribution < -0.4 is 5.32 Å². The van der Waals surface area contributed by atoms with Gasteiger partial charge in [0.25, 0.3) is 0 Å². The molecule has 0 aliphatic heterocycles. The minimum Gasteiger partial charge on any atom is -0.387 e. The van der Waals surface area contributed by atoms with Gasteiger partial charge in [0.15, 0.2) is 0 Å². The van der Waals surface area contributed by atoms with Crippen LogP contribution >= 0.6 is 7.82 Å².